The normalized spacial score (nSPS) is 4.67. The largest absolute Gasteiger partial charge is 3.00 e. The Hall–Kier alpha value is 1.69. The van der Waals surface area contributed by atoms with Crippen LogP contribution in [0, 0.1) is 0 Å². The summed E-state index contributed by atoms with van der Waals surface area (Å²) < 4.78 is 0. The van der Waals surface area contributed by atoms with Gasteiger partial charge in [0, 0.05) is 5.88 Å². The number of halogens is 4. The standard InChI is InChI=1S/C4H9Cl.Al.3ClH/c1-2-3-4-5;;;;/h2-4H2,1H3;;3*1H/q;+3;;;/p-3. The van der Waals surface area contributed by atoms with Crippen molar-refractivity contribution in [2.75, 3.05) is 5.88 Å². The Morgan fingerprint density at radius 3 is 1.44 bits per heavy atom. The molecule has 5 heteroatoms. The van der Waals surface area contributed by atoms with Crippen molar-refractivity contribution < 1.29 is 37.2 Å². The molecule has 0 fully saturated rings. The van der Waals surface area contributed by atoms with Crippen LogP contribution >= 0.6 is 11.6 Å². The first-order valence-corrected chi connectivity index (χ1v) is 2.51. The molecule has 0 rings (SSSR count). The summed E-state index contributed by atoms with van der Waals surface area (Å²) in [6.45, 7) is 2.13. The zero-order chi connectivity index (χ0) is 4.12. The molecule has 0 radical (unpaired) electrons. The van der Waals surface area contributed by atoms with Gasteiger partial charge in [0.15, 0.2) is 0 Å². The van der Waals surface area contributed by atoms with E-state index in [0.29, 0.717) is 0 Å². The van der Waals surface area contributed by atoms with Gasteiger partial charge in [0.1, 0.15) is 0 Å². The minimum atomic E-state index is 0. The second kappa shape index (κ2) is 33.3. The van der Waals surface area contributed by atoms with E-state index in [1.54, 1.807) is 0 Å². The van der Waals surface area contributed by atoms with E-state index >= 15 is 0 Å². The summed E-state index contributed by atoms with van der Waals surface area (Å²) in [5, 5.41) is 0. The Balaban J connectivity index is -0.0000000133. The molecule has 0 spiro atoms. The molecule has 0 bridgehead atoms. The molecule has 0 saturated heterocycles. The average molecular weight is 226 g/mol. The summed E-state index contributed by atoms with van der Waals surface area (Å²) in [5.74, 6) is 0.816. The third-order valence-electron chi connectivity index (χ3n) is 0.487. The van der Waals surface area contributed by atoms with Crippen LogP contribution in [0.4, 0.5) is 0 Å². The molecule has 9 heavy (non-hydrogen) atoms. The van der Waals surface area contributed by atoms with Gasteiger partial charge in [-0.25, -0.2) is 0 Å². The number of hydrogen-bond donors (Lipinski definition) is 0. The van der Waals surface area contributed by atoms with E-state index in [1.165, 1.54) is 6.42 Å². The quantitative estimate of drug-likeness (QED) is 0.324. The molecule has 0 aromatic heterocycles. The van der Waals surface area contributed by atoms with E-state index in [0.717, 1.165) is 12.3 Å². The third kappa shape index (κ3) is 42.1. The summed E-state index contributed by atoms with van der Waals surface area (Å²) in [6.07, 6.45) is 2.37. The zero-order valence-corrected chi connectivity index (χ0v) is 9.39. The molecule has 0 aliphatic rings. The monoisotopic (exact) mass is 224 g/mol. The van der Waals surface area contributed by atoms with Crippen LogP contribution in [0.25, 0.3) is 0 Å². The minimum absolute atomic E-state index is 0. The van der Waals surface area contributed by atoms with Crippen LogP contribution < -0.4 is 37.2 Å². The van der Waals surface area contributed by atoms with E-state index in [4.69, 9.17) is 11.6 Å². The van der Waals surface area contributed by atoms with Gasteiger partial charge in [0.25, 0.3) is 0 Å². The van der Waals surface area contributed by atoms with Crippen molar-refractivity contribution in [2.24, 2.45) is 0 Å². The van der Waals surface area contributed by atoms with E-state index in [2.05, 4.69) is 6.92 Å². The van der Waals surface area contributed by atoms with Crippen LogP contribution in [-0.2, 0) is 0 Å². The van der Waals surface area contributed by atoms with Crippen molar-refractivity contribution in [3.63, 3.8) is 0 Å². The second-order valence-corrected chi connectivity index (χ2v) is 1.42. The van der Waals surface area contributed by atoms with Gasteiger partial charge in [-0.3, -0.25) is 0 Å². The van der Waals surface area contributed by atoms with Gasteiger partial charge in [-0.1, -0.05) is 13.3 Å². The summed E-state index contributed by atoms with van der Waals surface area (Å²) >= 11 is 5.30. The van der Waals surface area contributed by atoms with Crippen LogP contribution in [0.3, 0.4) is 0 Å². The molecule has 56 valence electrons. The maximum atomic E-state index is 5.30. The van der Waals surface area contributed by atoms with Gasteiger partial charge in [-0.2, -0.15) is 0 Å². The van der Waals surface area contributed by atoms with E-state index in [9.17, 15) is 0 Å². The molecule has 0 atom stereocenters. The number of rotatable bonds is 2. The predicted molar refractivity (Wildman–Crippen MR) is 31.4 cm³/mol. The molecule has 0 saturated carbocycles. The Labute approximate surface area is 91.5 Å². The number of unbranched alkanes of at least 4 members (excludes halogenated alkanes) is 1. The molecular weight excluding hydrogens is 217 g/mol. The first-order valence-electron chi connectivity index (χ1n) is 1.97. The van der Waals surface area contributed by atoms with E-state index in [1.807, 2.05) is 0 Å². The second-order valence-electron chi connectivity index (χ2n) is 1.04. The fourth-order valence-corrected chi connectivity index (χ4v) is 0.401. The molecule has 0 aromatic rings. The summed E-state index contributed by atoms with van der Waals surface area (Å²) in [4.78, 5) is 0. The first-order chi connectivity index (χ1) is 2.41. The Morgan fingerprint density at radius 2 is 1.44 bits per heavy atom. The molecule has 0 aliphatic heterocycles. The fourth-order valence-electron chi connectivity index (χ4n) is 0.134. The minimum Gasteiger partial charge on any atom is -1.00 e. The van der Waals surface area contributed by atoms with E-state index in [-0.39, 0.29) is 54.6 Å². The van der Waals surface area contributed by atoms with E-state index < -0.39 is 0 Å². The maximum absolute atomic E-state index is 5.30. The van der Waals surface area contributed by atoms with Crippen molar-refractivity contribution in [3.05, 3.63) is 0 Å². The predicted octanol–water partition coefficient (Wildman–Crippen LogP) is -7.34. The van der Waals surface area contributed by atoms with Crippen LogP contribution in [0.5, 0.6) is 0 Å². The Bertz CT molecular complexity index is 20.0. The van der Waals surface area contributed by atoms with Crippen LogP contribution in [0.2, 0.25) is 0 Å². The van der Waals surface area contributed by atoms with Gasteiger partial charge in [0.2, 0.25) is 0 Å². The summed E-state index contributed by atoms with van der Waals surface area (Å²) in [7, 11) is 0. The van der Waals surface area contributed by atoms with Gasteiger partial charge in [0.05, 0.1) is 0 Å². The molecule has 0 amide bonds. The van der Waals surface area contributed by atoms with Crippen molar-refractivity contribution in [1.29, 1.82) is 0 Å². The maximum Gasteiger partial charge on any atom is 3.00 e. The van der Waals surface area contributed by atoms with Crippen molar-refractivity contribution >= 4 is 29.0 Å². The number of alkyl halides is 1. The Kier molecular flexibility index (Phi) is 115. The molecule has 0 aliphatic carbocycles. The van der Waals surface area contributed by atoms with Crippen LogP contribution in [0.15, 0.2) is 0 Å². The molecule has 0 heterocycles. The van der Waals surface area contributed by atoms with Crippen molar-refractivity contribution in [3.8, 4) is 0 Å². The fraction of sp³-hybridized carbons (Fsp3) is 1.00. The number of hydrogen-bond acceptors (Lipinski definition) is 0. The average Bonchev–Trinajstić information content (AvgIpc) is 1.41. The van der Waals surface area contributed by atoms with Gasteiger partial charge in [-0.15, -0.1) is 11.6 Å². The third-order valence-corrected chi connectivity index (χ3v) is 0.754. The topological polar surface area (TPSA) is 0 Å². The Morgan fingerprint density at radius 1 is 1.11 bits per heavy atom. The molecular formula is C4H9AlCl4. The summed E-state index contributed by atoms with van der Waals surface area (Å²) in [5.41, 5.74) is 0. The van der Waals surface area contributed by atoms with Gasteiger partial charge >= 0.3 is 17.4 Å². The summed E-state index contributed by atoms with van der Waals surface area (Å²) in [6, 6.07) is 0. The zero-order valence-electron chi connectivity index (χ0n) is 5.21. The molecule has 0 unspecified atom stereocenters. The molecule has 0 nitrogen and oxygen atoms in total. The van der Waals surface area contributed by atoms with Crippen LogP contribution in [0.1, 0.15) is 19.8 Å². The molecule has 0 N–H and O–H groups in total. The van der Waals surface area contributed by atoms with Gasteiger partial charge in [-0.05, 0) is 6.42 Å². The van der Waals surface area contributed by atoms with Crippen molar-refractivity contribution in [2.45, 2.75) is 19.8 Å². The first kappa shape index (κ1) is 31.0. The SMILES string of the molecule is CCCCCl.[Al+3].[Cl-].[Cl-].[Cl-]. The van der Waals surface area contributed by atoms with Crippen LogP contribution in [-0.4, -0.2) is 23.2 Å². The molecule has 0 aromatic carbocycles. The smallest absolute Gasteiger partial charge is 1.00 e. The van der Waals surface area contributed by atoms with Gasteiger partial charge < -0.3 is 37.2 Å². The van der Waals surface area contributed by atoms with Crippen molar-refractivity contribution in [1.82, 2.24) is 0 Å².